The molecule has 0 aliphatic rings. The second kappa shape index (κ2) is 9.75. The van der Waals surface area contributed by atoms with Crippen LogP contribution in [0.15, 0.2) is 13.2 Å². The zero-order valence-electron chi connectivity index (χ0n) is 10.8. The zero-order chi connectivity index (χ0) is 12.3. The highest BCUT2D eigenvalue weighted by molar-refractivity contribution is 5.68. The Hall–Kier alpha value is -0.790. The van der Waals surface area contributed by atoms with Crippen LogP contribution in [0.1, 0.15) is 52.9 Å². The third kappa shape index (κ3) is 15.9. The van der Waals surface area contributed by atoms with E-state index in [0.29, 0.717) is 11.8 Å². The number of esters is 1. The van der Waals surface area contributed by atoms with Gasteiger partial charge in [0.15, 0.2) is 0 Å². The van der Waals surface area contributed by atoms with Gasteiger partial charge in [-0.1, -0.05) is 33.6 Å². The third-order valence-electron chi connectivity index (χ3n) is 2.04. The monoisotopic (exact) mass is 214 g/mol. The molecule has 15 heavy (non-hydrogen) atoms. The van der Waals surface area contributed by atoms with E-state index in [4.69, 9.17) is 0 Å². The van der Waals surface area contributed by atoms with Gasteiger partial charge < -0.3 is 4.74 Å². The fraction of sp³-hybridized carbons (Fsp3) is 0.769. The highest BCUT2D eigenvalue weighted by atomic mass is 16.5. The van der Waals surface area contributed by atoms with Crippen molar-refractivity contribution in [1.29, 1.82) is 0 Å². The number of carbonyl (C=O) groups is 1. The average molecular weight is 214 g/mol. The minimum absolute atomic E-state index is 0.0873. The molecule has 0 amide bonds. The summed E-state index contributed by atoms with van der Waals surface area (Å²) < 4.78 is 4.56. The first kappa shape index (κ1) is 16.6. The highest BCUT2D eigenvalue weighted by Crippen LogP contribution is 2.22. The molecule has 0 saturated heterocycles. The van der Waals surface area contributed by atoms with Gasteiger partial charge in [0.2, 0.25) is 0 Å². The lowest BCUT2D eigenvalue weighted by Gasteiger charge is -2.17. The van der Waals surface area contributed by atoms with E-state index in [1.165, 1.54) is 20.0 Å². The Bertz CT molecular complexity index is 156. The van der Waals surface area contributed by atoms with Crippen LogP contribution in [0.3, 0.4) is 0 Å². The number of hydrogen-bond acceptors (Lipinski definition) is 2. The lowest BCUT2D eigenvalue weighted by atomic mass is 9.89. The van der Waals surface area contributed by atoms with E-state index in [0.717, 1.165) is 12.8 Å². The number of carbonyl (C=O) groups excluding carboxylic acids is 1. The van der Waals surface area contributed by atoms with Crippen molar-refractivity contribution in [3.05, 3.63) is 13.2 Å². The molecule has 0 rings (SSSR count). The van der Waals surface area contributed by atoms with Gasteiger partial charge in [0.1, 0.15) is 0 Å². The first-order valence-electron chi connectivity index (χ1n) is 5.52. The van der Waals surface area contributed by atoms with Gasteiger partial charge in [-0.15, -0.1) is 13.2 Å². The molecule has 0 aromatic carbocycles. The van der Waals surface area contributed by atoms with E-state index >= 15 is 0 Å². The van der Waals surface area contributed by atoms with E-state index in [1.54, 1.807) is 0 Å². The van der Waals surface area contributed by atoms with Gasteiger partial charge in [-0.2, -0.15) is 0 Å². The van der Waals surface area contributed by atoms with E-state index in [1.807, 2.05) is 0 Å². The molecule has 0 fully saturated rings. The molecule has 0 aromatic rings. The fourth-order valence-corrected chi connectivity index (χ4v) is 1.20. The van der Waals surface area contributed by atoms with Crippen molar-refractivity contribution < 1.29 is 9.53 Å². The maximum absolute atomic E-state index is 10.7. The Labute approximate surface area is 94.7 Å². The summed E-state index contributed by atoms with van der Waals surface area (Å²) in [4.78, 5) is 10.7. The maximum atomic E-state index is 10.7. The van der Waals surface area contributed by atoms with Gasteiger partial charge in [0.25, 0.3) is 0 Å². The smallest absolute Gasteiger partial charge is 0.305 e. The maximum Gasteiger partial charge on any atom is 0.305 e. The normalized spacial score (nSPS) is 10.1. The minimum Gasteiger partial charge on any atom is -0.469 e. The number of hydrogen-bond donors (Lipinski definition) is 0. The quantitative estimate of drug-likeness (QED) is 0.393. The zero-order valence-corrected chi connectivity index (χ0v) is 10.8. The summed E-state index contributed by atoms with van der Waals surface area (Å²) in [6, 6.07) is 0. The Kier molecular flexibility index (Phi) is 10.8. The molecule has 0 bridgehead atoms. The summed E-state index contributed by atoms with van der Waals surface area (Å²) >= 11 is 0. The predicted molar refractivity (Wildman–Crippen MR) is 65.8 cm³/mol. The average Bonchev–Trinajstić information content (AvgIpc) is 2.18. The lowest BCUT2D eigenvalue weighted by molar-refractivity contribution is -0.140. The highest BCUT2D eigenvalue weighted by Gasteiger charge is 2.09. The van der Waals surface area contributed by atoms with Gasteiger partial charge in [0.05, 0.1) is 7.11 Å². The van der Waals surface area contributed by atoms with Crippen LogP contribution < -0.4 is 0 Å². The molecule has 0 spiro atoms. The largest absolute Gasteiger partial charge is 0.469 e. The Morgan fingerprint density at radius 1 is 1.13 bits per heavy atom. The van der Waals surface area contributed by atoms with E-state index in [2.05, 4.69) is 38.7 Å². The van der Waals surface area contributed by atoms with Crippen molar-refractivity contribution in [3.8, 4) is 0 Å². The molecule has 0 aliphatic carbocycles. The number of ether oxygens (including phenoxy) is 1. The van der Waals surface area contributed by atoms with E-state index in [9.17, 15) is 4.79 Å². The van der Waals surface area contributed by atoms with Crippen molar-refractivity contribution in [1.82, 2.24) is 0 Å². The standard InChI is InChI=1S/C11H22O2.C2H4/c1-11(2,3)9-7-5-6-8-10(12)13-4;1-2/h5-9H2,1-4H3;1-2H2. The van der Waals surface area contributed by atoms with Gasteiger partial charge in [0, 0.05) is 6.42 Å². The number of methoxy groups -OCH3 is 1. The molecule has 0 unspecified atom stereocenters. The van der Waals surface area contributed by atoms with Crippen LogP contribution in [0.4, 0.5) is 0 Å². The Balaban J connectivity index is 0. The van der Waals surface area contributed by atoms with Crippen molar-refractivity contribution in [2.75, 3.05) is 7.11 Å². The van der Waals surface area contributed by atoms with Crippen molar-refractivity contribution in [3.63, 3.8) is 0 Å². The molecule has 0 aromatic heterocycles. The molecular weight excluding hydrogens is 188 g/mol. The molecule has 0 saturated carbocycles. The van der Waals surface area contributed by atoms with Gasteiger partial charge in [-0.25, -0.2) is 0 Å². The van der Waals surface area contributed by atoms with Crippen molar-refractivity contribution in [2.45, 2.75) is 52.9 Å². The predicted octanol–water partition coefficient (Wildman–Crippen LogP) is 3.96. The first-order valence-corrected chi connectivity index (χ1v) is 5.52. The molecular formula is C13H26O2. The Morgan fingerprint density at radius 2 is 1.67 bits per heavy atom. The van der Waals surface area contributed by atoms with Crippen LogP contribution in [-0.4, -0.2) is 13.1 Å². The van der Waals surface area contributed by atoms with Crippen LogP contribution in [0.5, 0.6) is 0 Å². The van der Waals surface area contributed by atoms with Crippen LogP contribution in [0.2, 0.25) is 0 Å². The summed E-state index contributed by atoms with van der Waals surface area (Å²) in [6.45, 7) is 12.7. The molecule has 0 aliphatic heterocycles. The molecule has 0 radical (unpaired) electrons. The van der Waals surface area contributed by atoms with Crippen LogP contribution >= 0.6 is 0 Å². The molecule has 0 heterocycles. The first-order chi connectivity index (χ1) is 6.95. The van der Waals surface area contributed by atoms with Crippen LogP contribution in [-0.2, 0) is 9.53 Å². The topological polar surface area (TPSA) is 26.3 Å². The minimum atomic E-state index is -0.0873. The van der Waals surface area contributed by atoms with Crippen LogP contribution in [0, 0.1) is 5.41 Å². The Morgan fingerprint density at radius 3 is 2.07 bits per heavy atom. The second-order valence-corrected chi connectivity index (χ2v) is 4.70. The van der Waals surface area contributed by atoms with E-state index in [-0.39, 0.29) is 5.97 Å². The SMILES string of the molecule is C=C.COC(=O)CCCCCC(C)(C)C. The van der Waals surface area contributed by atoms with Crippen molar-refractivity contribution in [2.24, 2.45) is 5.41 Å². The second-order valence-electron chi connectivity index (χ2n) is 4.70. The van der Waals surface area contributed by atoms with Crippen molar-refractivity contribution >= 4 is 5.97 Å². The van der Waals surface area contributed by atoms with Gasteiger partial charge in [-0.3, -0.25) is 4.79 Å². The van der Waals surface area contributed by atoms with Gasteiger partial charge >= 0.3 is 5.97 Å². The van der Waals surface area contributed by atoms with Gasteiger partial charge in [-0.05, 0) is 18.3 Å². The summed E-state index contributed by atoms with van der Waals surface area (Å²) in [6.07, 6.45) is 5.10. The van der Waals surface area contributed by atoms with Crippen LogP contribution in [0.25, 0.3) is 0 Å². The summed E-state index contributed by atoms with van der Waals surface area (Å²) in [7, 11) is 1.44. The fourth-order valence-electron chi connectivity index (χ4n) is 1.20. The summed E-state index contributed by atoms with van der Waals surface area (Å²) in [5, 5.41) is 0. The number of rotatable bonds is 5. The summed E-state index contributed by atoms with van der Waals surface area (Å²) in [5.74, 6) is -0.0873. The molecule has 2 nitrogen and oxygen atoms in total. The molecule has 0 atom stereocenters. The molecule has 2 heteroatoms. The molecule has 0 N–H and O–H groups in total. The lowest BCUT2D eigenvalue weighted by Crippen LogP contribution is -2.04. The third-order valence-corrected chi connectivity index (χ3v) is 2.04. The number of unbranched alkanes of at least 4 members (excludes halogenated alkanes) is 2. The molecule has 90 valence electrons. The van der Waals surface area contributed by atoms with E-state index < -0.39 is 0 Å². The summed E-state index contributed by atoms with van der Waals surface area (Å²) in [5.41, 5.74) is 0.422.